The van der Waals surface area contributed by atoms with Gasteiger partial charge in [-0.2, -0.15) is 0 Å². The maximum Gasteiger partial charge on any atom is 0.273 e. The summed E-state index contributed by atoms with van der Waals surface area (Å²) >= 11 is 0. The van der Waals surface area contributed by atoms with Crippen LogP contribution in [0.3, 0.4) is 0 Å². The molecule has 0 bridgehead atoms. The fourth-order valence-electron chi connectivity index (χ4n) is 4.48. The number of piperidine rings is 1. The van der Waals surface area contributed by atoms with Gasteiger partial charge in [0.1, 0.15) is 23.8 Å². The van der Waals surface area contributed by atoms with Gasteiger partial charge >= 0.3 is 0 Å². The number of hydrogen-bond donors (Lipinski definition) is 3. The molecular formula is C27H31N5O4. The standard InChI is InChI=1S/C27H31N5O4/c1-17(30-27(34)24-12-14-35-32-24)25(20-8-6-19(7-9-20)18-4-5-18)36-22-10-11-23(29-16-22)26(33)31-21-3-2-13-28-15-21/h6-12,14,16-18,21,25,28H,2-5,13,15H2,1H3,(H,30,34)(H,31,33)/t17-,21-,25-/m0/s1. The maximum absolute atomic E-state index is 12.6. The van der Waals surface area contributed by atoms with Crippen LogP contribution in [0.5, 0.6) is 5.75 Å². The van der Waals surface area contributed by atoms with Crippen molar-refractivity contribution in [3.8, 4) is 5.75 Å². The summed E-state index contributed by atoms with van der Waals surface area (Å²) in [5.41, 5.74) is 2.79. The molecule has 0 unspecified atom stereocenters. The minimum Gasteiger partial charge on any atom is -0.482 e. The number of ether oxygens (including phenoxy) is 1. The quantitative estimate of drug-likeness (QED) is 0.422. The summed E-state index contributed by atoms with van der Waals surface area (Å²) in [6, 6.07) is 13.0. The number of aromatic nitrogens is 2. The number of hydrogen-bond acceptors (Lipinski definition) is 7. The highest BCUT2D eigenvalue weighted by atomic mass is 16.5. The SMILES string of the molecule is C[C@H](NC(=O)c1ccon1)[C@H](Oc1ccc(C(=O)N[C@H]2CCCNC2)nc1)c1ccc(C2CC2)cc1. The second kappa shape index (κ2) is 10.9. The van der Waals surface area contributed by atoms with Crippen LogP contribution >= 0.6 is 0 Å². The van der Waals surface area contributed by atoms with Gasteiger partial charge in [-0.1, -0.05) is 29.4 Å². The summed E-state index contributed by atoms with van der Waals surface area (Å²) < 4.78 is 11.1. The molecule has 1 saturated heterocycles. The molecule has 36 heavy (non-hydrogen) atoms. The Morgan fingerprint density at radius 2 is 1.89 bits per heavy atom. The maximum atomic E-state index is 12.6. The molecule has 188 valence electrons. The van der Waals surface area contributed by atoms with E-state index in [2.05, 4.69) is 38.2 Å². The first-order valence-electron chi connectivity index (χ1n) is 12.5. The number of carbonyl (C=O) groups excluding carboxylic acids is 2. The molecule has 2 aromatic heterocycles. The van der Waals surface area contributed by atoms with Crippen LogP contribution in [0.4, 0.5) is 0 Å². The largest absolute Gasteiger partial charge is 0.482 e. The van der Waals surface area contributed by atoms with Crippen LogP contribution in [0.1, 0.15) is 76.7 Å². The Bertz CT molecular complexity index is 1150. The second-order valence-corrected chi connectivity index (χ2v) is 9.52. The molecule has 1 aromatic carbocycles. The van der Waals surface area contributed by atoms with Crippen LogP contribution in [0.2, 0.25) is 0 Å². The minimum absolute atomic E-state index is 0.112. The van der Waals surface area contributed by atoms with E-state index in [-0.39, 0.29) is 29.6 Å². The van der Waals surface area contributed by atoms with Crippen molar-refractivity contribution >= 4 is 11.8 Å². The average Bonchev–Trinajstić information content (AvgIpc) is 3.61. The van der Waals surface area contributed by atoms with Crippen molar-refractivity contribution in [2.75, 3.05) is 13.1 Å². The summed E-state index contributed by atoms with van der Waals surface area (Å²) in [6.45, 7) is 3.63. The summed E-state index contributed by atoms with van der Waals surface area (Å²) in [5, 5.41) is 13.0. The Hall–Kier alpha value is -3.72. The molecule has 1 aliphatic carbocycles. The van der Waals surface area contributed by atoms with Gasteiger partial charge in [0.15, 0.2) is 5.69 Å². The Morgan fingerprint density at radius 1 is 1.06 bits per heavy atom. The molecule has 1 aliphatic heterocycles. The predicted molar refractivity (Wildman–Crippen MR) is 133 cm³/mol. The number of pyridine rings is 1. The molecule has 3 N–H and O–H groups in total. The molecule has 1 saturated carbocycles. The number of rotatable bonds is 9. The predicted octanol–water partition coefficient (Wildman–Crippen LogP) is 3.37. The highest BCUT2D eigenvalue weighted by Crippen LogP contribution is 2.40. The van der Waals surface area contributed by atoms with E-state index in [0.29, 0.717) is 17.4 Å². The van der Waals surface area contributed by atoms with Gasteiger partial charge in [-0.15, -0.1) is 0 Å². The average molecular weight is 490 g/mol. The lowest BCUT2D eigenvalue weighted by Gasteiger charge is -2.26. The molecule has 0 radical (unpaired) electrons. The molecule has 2 amide bonds. The van der Waals surface area contributed by atoms with Gasteiger partial charge in [0.05, 0.1) is 12.2 Å². The van der Waals surface area contributed by atoms with E-state index in [0.717, 1.165) is 31.5 Å². The number of benzene rings is 1. The molecule has 9 nitrogen and oxygen atoms in total. The Balaban J connectivity index is 1.29. The van der Waals surface area contributed by atoms with Crippen molar-refractivity contribution in [2.24, 2.45) is 0 Å². The summed E-state index contributed by atoms with van der Waals surface area (Å²) in [6.07, 6.45) is 6.88. The van der Waals surface area contributed by atoms with Crippen LogP contribution in [0, 0.1) is 0 Å². The van der Waals surface area contributed by atoms with Gasteiger partial charge in [-0.25, -0.2) is 4.98 Å². The lowest BCUT2D eigenvalue weighted by Crippen LogP contribution is -2.45. The van der Waals surface area contributed by atoms with Gasteiger partial charge in [0.2, 0.25) is 0 Å². The summed E-state index contributed by atoms with van der Waals surface area (Å²) in [4.78, 5) is 29.5. The number of nitrogens with one attached hydrogen (secondary N) is 3. The van der Waals surface area contributed by atoms with Gasteiger partial charge in [-0.05, 0) is 68.3 Å². The van der Waals surface area contributed by atoms with Gasteiger partial charge in [0.25, 0.3) is 11.8 Å². The highest BCUT2D eigenvalue weighted by Gasteiger charge is 2.27. The second-order valence-electron chi connectivity index (χ2n) is 9.52. The van der Waals surface area contributed by atoms with Gasteiger partial charge in [-0.3, -0.25) is 9.59 Å². The molecule has 2 fully saturated rings. The molecule has 3 atom stereocenters. The molecule has 9 heteroatoms. The van der Waals surface area contributed by atoms with Crippen LogP contribution in [-0.2, 0) is 0 Å². The molecule has 2 aliphatic rings. The van der Waals surface area contributed by atoms with E-state index in [4.69, 9.17) is 9.26 Å². The number of carbonyl (C=O) groups is 2. The lowest BCUT2D eigenvalue weighted by molar-refractivity contribution is 0.0870. The minimum atomic E-state index is -0.483. The van der Waals surface area contributed by atoms with E-state index < -0.39 is 6.10 Å². The van der Waals surface area contributed by atoms with Crippen molar-refractivity contribution in [2.45, 2.75) is 56.7 Å². The molecule has 5 rings (SSSR count). The van der Waals surface area contributed by atoms with Crippen molar-refractivity contribution in [3.63, 3.8) is 0 Å². The molecule has 3 aromatic rings. The molecule has 0 spiro atoms. The van der Waals surface area contributed by atoms with E-state index in [1.165, 1.54) is 30.7 Å². The van der Waals surface area contributed by atoms with E-state index in [1.54, 1.807) is 18.3 Å². The molecular weight excluding hydrogens is 458 g/mol. The van der Waals surface area contributed by atoms with Gasteiger partial charge < -0.3 is 25.2 Å². The Labute approximate surface area is 210 Å². The van der Waals surface area contributed by atoms with Crippen LogP contribution in [0.15, 0.2) is 59.4 Å². The lowest BCUT2D eigenvalue weighted by atomic mass is 10.00. The number of amides is 2. The first-order valence-corrected chi connectivity index (χ1v) is 12.5. The van der Waals surface area contributed by atoms with E-state index in [1.807, 2.05) is 19.1 Å². The highest BCUT2D eigenvalue weighted by molar-refractivity contribution is 5.92. The fraction of sp³-hybridized carbons (Fsp3) is 0.407. The van der Waals surface area contributed by atoms with E-state index in [9.17, 15) is 9.59 Å². The zero-order chi connectivity index (χ0) is 24.9. The zero-order valence-electron chi connectivity index (χ0n) is 20.3. The zero-order valence-corrected chi connectivity index (χ0v) is 20.3. The first kappa shape index (κ1) is 24.0. The Kier molecular flexibility index (Phi) is 7.27. The normalized spacial score (nSPS) is 19.2. The molecule has 3 heterocycles. The Morgan fingerprint density at radius 3 is 2.53 bits per heavy atom. The van der Waals surface area contributed by atoms with Crippen molar-refractivity contribution in [1.29, 1.82) is 0 Å². The van der Waals surface area contributed by atoms with E-state index >= 15 is 0 Å². The monoisotopic (exact) mass is 489 g/mol. The van der Waals surface area contributed by atoms with Crippen molar-refractivity contribution in [3.05, 3.63) is 77.4 Å². The number of nitrogens with zero attached hydrogens (tertiary/aromatic N) is 2. The fourth-order valence-corrected chi connectivity index (χ4v) is 4.48. The third-order valence-corrected chi connectivity index (χ3v) is 6.66. The summed E-state index contributed by atoms with van der Waals surface area (Å²) in [7, 11) is 0. The first-order chi connectivity index (χ1) is 17.6. The van der Waals surface area contributed by atoms with Crippen molar-refractivity contribution in [1.82, 2.24) is 26.1 Å². The van der Waals surface area contributed by atoms with Gasteiger partial charge in [0, 0.05) is 18.7 Å². The van der Waals surface area contributed by atoms with Crippen LogP contribution < -0.4 is 20.7 Å². The topological polar surface area (TPSA) is 118 Å². The van der Waals surface area contributed by atoms with Crippen LogP contribution in [-0.4, -0.2) is 47.1 Å². The third kappa shape index (κ3) is 5.91. The third-order valence-electron chi connectivity index (χ3n) is 6.66. The van der Waals surface area contributed by atoms with Crippen molar-refractivity contribution < 1.29 is 18.8 Å². The smallest absolute Gasteiger partial charge is 0.273 e. The summed E-state index contributed by atoms with van der Waals surface area (Å²) in [5.74, 6) is 0.609. The van der Waals surface area contributed by atoms with Crippen LogP contribution in [0.25, 0.3) is 0 Å².